The van der Waals surface area contributed by atoms with Gasteiger partial charge in [0.15, 0.2) is 17.0 Å². The quantitative estimate of drug-likeness (QED) is 0.640. The van der Waals surface area contributed by atoms with Crippen LogP contribution in [-0.4, -0.2) is 72.6 Å². The molecule has 1 atom stereocenters. The van der Waals surface area contributed by atoms with Crippen molar-refractivity contribution < 1.29 is 9.53 Å². The summed E-state index contributed by atoms with van der Waals surface area (Å²) in [6.07, 6.45) is 6.51. The highest BCUT2D eigenvalue weighted by molar-refractivity contribution is 5.90. The van der Waals surface area contributed by atoms with Gasteiger partial charge in [-0.3, -0.25) is 4.79 Å². The molecule has 1 N–H and O–H groups in total. The average Bonchev–Trinajstić information content (AvgIpc) is 2.96. The second-order valence-corrected chi connectivity index (χ2v) is 7.49. The molecule has 0 bridgehead atoms. The lowest BCUT2D eigenvalue weighted by Gasteiger charge is -2.26. The highest BCUT2D eigenvalue weighted by Gasteiger charge is 2.26. The number of amides is 1. The van der Waals surface area contributed by atoms with Crippen LogP contribution in [0.25, 0.3) is 22.6 Å². The molecule has 0 radical (unpaired) electrons. The van der Waals surface area contributed by atoms with Crippen LogP contribution < -0.4 is 5.32 Å². The summed E-state index contributed by atoms with van der Waals surface area (Å²) in [6, 6.07) is -0.394. The lowest BCUT2D eigenvalue weighted by molar-refractivity contribution is -0.132. The zero-order chi connectivity index (χ0) is 21.8. The molecule has 4 heterocycles. The van der Waals surface area contributed by atoms with Gasteiger partial charge in [-0.15, -0.1) is 0 Å². The number of fused-ring (bicyclic) bond motifs is 1. The molecular weight excluding hydrogens is 396 g/mol. The number of carbonyl (C=O) groups is 1. The maximum atomic E-state index is 13.1. The van der Waals surface area contributed by atoms with Gasteiger partial charge in [-0.1, -0.05) is 6.92 Å². The van der Waals surface area contributed by atoms with Gasteiger partial charge in [0.2, 0.25) is 5.91 Å². The van der Waals surface area contributed by atoms with Gasteiger partial charge in [-0.25, -0.2) is 24.9 Å². The summed E-state index contributed by atoms with van der Waals surface area (Å²) in [7, 11) is 0. The van der Waals surface area contributed by atoms with E-state index < -0.39 is 6.04 Å². The van der Waals surface area contributed by atoms with E-state index in [4.69, 9.17) is 9.72 Å². The monoisotopic (exact) mass is 424 g/mol. The summed E-state index contributed by atoms with van der Waals surface area (Å²) in [4.78, 5) is 37.3. The van der Waals surface area contributed by atoms with Gasteiger partial charge in [0.25, 0.3) is 0 Å². The second kappa shape index (κ2) is 9.34. The van der Waals surface area contributed by atoms with Crippen LogP contribution in [0.1, 0.15) is 32.5 Å². The summed E-state index contributed by atoms with van der Waals surface area (Å²) in [5, 5.41) is 3.32. The van der Waals surface area contributed by atoms with Gasteiger partial charge in [-0.2, -0.15) is 0 Å². The summed E-state index contributed by atoms with van der Waals surface area (Å²) < 4.78 is 7.49. The van der Waals surface area contributed by atoms with Crippen LogP contribution in [0.15, 0.2) is 18.7 Å². The average molecular weight is 425 g/mol. The predicted octanol–water partition coefficient (Wildman–Crippen LogP) is 2.05. The molecule has 10 heteroatoms. The number of nitrogens with zero attached hydrogens (tertiary/aromatic N) is 7. The molecule has 0 aromatic carbocycles. The van der Waals surface area contributed by atoms with Crippen LogP contribution in [0, 0.1) is 6.92 Å². The van der Waals surface area contributed by atoms with Crippen molar-refractivity contribution in [2.75, 3.05) is 31.6 Å². The number of hydrogen-bond donors (Lipinski definition) is 1. The van der Waals surface area contributed by atoms with E-state index in [1.807, 2.05) is 30.2 Å². The number of ether oxygens (including phenoxy) is 1. The molecule has 0 aliphatic carbocycles. The Morgan fingerprint density at radius 1 is 1.16 bits per heavy atom. The Kier molecular flexibility index (Phi) is 6.36. The summed E-state index contributed by atoms with van der Waals surface area (Å²) in [5.41, 5.74) is 2.15. The highest BCUT2D eigenvalue weighted by Crippen LogP contribution is 2.27. The van der Waals surface area contributed by atoms with Gasteiger partial charge >= 0.3 is 0 Å². The Bertz CT molecular complexity index is 1040. The topological polar surface area (TPSA) is 111 Å². The molecule has 3 aromatic heterocycles. The number of rotatable bonds is 6. The van der Waals surface area contributed by atoms with Gasteiger partial charge in [0.05, 0.1) is 12.2 Å². The maximum absolute atomic E-state index is 13.1. The molecule has 0 spiro atoms. The van der Waals surface area contributed by atoms with Crippen molar-refractivity contribution in [2.45, 2.75) is 46.2 Å². The second-order valence-electron chi connectivity index (χ2n) is 7.49. The number of aryl methyl sites for hydroxylation is 2. The predicted molar refractivity (Wildman–Crippen MR) is 116 cm³/mol. The number of carbonyl (C=O) groups excluding carboxylic acids is 1. The van der Waals surface area contributed by atoms with Crippen molar-refractivity contribution in [2.24, 2.45) is 0 Å². The van der Waals surface area contributed by atoms with Crippen LogP contribution in [-0.2, 0) is 16.1 Å². The van der Waals surface area contributed by atoms with Gasteiger partial charge < -0.3 is 19.5 Å². The van der Waals surface area contributed by atoms with Crippen LogP contribution in [0.2, 0.25) is 0 Å². The third-order valence-corrected chi connectivity index (χ3v) is 5.44. The van der Waals surface area contributed by atoms with Gasteiger partial charge in [0, 0.05) is 38.6 Å². The molecule has 1 amide bonds. The molecule has 31 heavy (non-hydrogen) atoms. The minimum atomic E-state index is -0.394. The summed E-state index contributed by atoms with van der Waals surface area (Å²) in [6.45, 7) is 9.13. The number of nitrogens with one attached hydrogen (secondary N) is 1. The number of imidazole rings is 1. The number of anilines is 1. The number of aromatic nitrogens is 6. The fourth-order valence-electron chi connectivity index (χ4n) is 3.76. The van der Waals surface area contributed by atoms with E-state index in [0.29, 0.717) is 62.1 Å². The smallest absolute Gasteiger partial charge is 0.245 e. The summed E-state index contributed by atoms with van der Waals surface area (Å²) >= 11 is 0. The zero-order valence-corrected chi connectivity index (χ0v) is 18.2. The first-order valence-electron chi connectivity index (χ1n) is 10.8. The van der Waals surface area contributed by atoms with E-state index in [-0.39, 0.29) is 5.91 Å². The Morgan fingerprint density at radius 3 is 2.71 bits per heavy atom. The van der Waals surface area contributed by atoms with Crippen LogP contribution in [0.5, 0.6) is 0 Å². The van der Waals surface area contributed by atoms with E-state index >= 15 is 0 Å². The Hall–Kier alpha value is -3.14. The molecule has 0 saturated carbocycles. The molecule has 4 rings (SSSR count). The Labute approximate surface area is 181 Å². The molecule has 1 fully saturated rings. The van der Waals surface area contributed by atoms with Crippen LogP contribution in [0.4, 0.5) is 5.82 Å². The van der Waals surface area contributed by atoms with E-state index in [1.165, 1.54) is 6.33 Å². The molecule has 164 valence electrons. The lowest BCUT2D eigenvalue weighted by atomic mass is 10.2. The summed E-state index contributed by atoms with van der Waals surface area (Å²) in [5.74, 6) is 2.04. The fraction of sp³-hybridized carbons (Fsp3) is 0.524. The standard InChI is InChI=1S/C21H28N8O2/c1-4-16(21(30)28-7-6-9-31-10-8-28)26-18-17-20(25-13-24-18)29(5-2)19(27-17)15-11-22-14(3)23-12-15/h11-13,16H,4-10H2,1-3H3,(H,24,25,26)/t16-/m1/s1. The van der Waals surface area contributed by atoms with Crippen molar-refractivity contribution in [3.05, 3.63) is 24.5 Å². The Morgan fingerprint density at radius 2 is 1.97 bits per heavy atom. The minimum Gasteiger partial charge on any atom is -0.380 e. The van der Waals surface area contributed by atoms with Crippen molar-refractivity contribution in [3.63, 3.8) is 0 Å². The van der Waals surface area contributed by atoms with E-state index in [9.17, 15) is 4.79 Å². The molecule has 3 aromatic rings. The maximum Gasteiger partial charge on any atom is 0.245 e. The SMILES string of the molecule is CC[C@@H](Nc1ncnc2c1nc(-c1cnc(C)nc1)n2CC)C(=O)N1CCCOCC1. The molecule has 0 unspecified atom stereocenters. The fourth-order valence-corrected chi connectivity index (χ4v) is 3.76. The molecular formula is C21H28N8O2. The molecule has 10 nitrogen and oxygen atoms in total. The Balaban J connectivity index is 1.67. The van der Waals surface area contributed by atoms with Gasteiger partial charge in [-0.05, 0) is 26.7 Å². The normalized spacial score (nSPS) is 15.6. The van der Waals surface area contributed by atoms with Crippen molar-refractivity contribution >= 4 is 22.9 Å². The van der Waals surface area contributed by atoms with Crippen LogP contribution >= 0.6 is 0 Å². The molecule has 1 saturated heterocycles. The highest BCUT2D eigenvalue weighted by atomic mass is 16.5. The first kappa shape index (κ1) is 21.1. The molecule has 1 aliphatic heterocycles. The third kappa shape index (κ3) is 4.34. The van der Waals surface area contributed by atoms with Crippen molar-refractivity contribution in [3.8, 4) is 11.4 Å². The first-order valence-corrected chi connectivity index (χ1v) is 10.8. The number of hydrogen-bond acceptors (Lipinski definition) is 8. The minimum absolute atomic E-state index is 0.0573. The zero-order valence-electron chi connectivity index (χ0n) is 18.2. The van der Waals surface area contributed by atoms with Crippen molar-refractivity contribution in [1.29, 1.82) is 0 Å². The first-order chi connectivity index (χ1) is 15.1. The van der Waals surface area contributed by atoms with E-state index in [0.717, 1.165) is 17.8 Å². The molecule has 1 aliphatic rings. The van der Waals surface area contributed by atoms with Crippen molar-refractivity contribution in [1.82, 2.24) is 34.4 Å². The third-order valence-electron chi connectivity index (χ3n) is 5.44. The largest absolute Gasteiger partial charge is 0.380 e. The lowest BCUT2D eigenvalue weighted by Crippen LogP contribution is -2.44. The van der Waals surface area contributed by atoms with Crippen LogP contribution in [0.3, 0.4) is 0 Å². The van der Waals surface area contributed by atoms with E-state index in [1.54, 1.807) is 12.4 Å². The van der Waals surface area contributed by atoms with Gasteiger partial charge in [0.1, 0.15) is 24.0 Å². The van der Waals surface area contributed by atoms with E-state index in [2.05, 4.69) is 25.3 Å².